The molecule has 0 aliphatic carbocycles. The normalized spacial score (nSPS) is 17.5. The van der Waals surface area contributed by atoms with Crippen molar-refractivity contribution in [2.24, 2.45) is 0 Å². The average Bonchev–Trinajstić information content (AvgIpc) is 3.11. The van der Waals surface area contributed by atoms with Crippen LogP contribution < -0.4 is 10.6 Å². The van der Waals surface area contributed by atoms with Crippen LogP contribution in [0.4, 0.5) is 0 Å². The molecule has 1 amide bonds. The van der Waals surface area contributed by atoms with Crippen molar-refractivity contribution in [2.75, 3.05) is 18.8 Å². The number of rotatable bonds is 5. The van der Waals surface area contributed by atoms with E-state index in [0.717, 1.165) is 39.5 Å². The van der Waals surface area contributed by atoms with E-state index in [2.05, 4.69) is 30.8 Å². The van der Waals surface area contributed by atoms with Crippen molar-refractivity contribution >= 4 is 29.0 Å². The van der Waals surface area contributed by atoms with Crippen molar-refractivity contribution in [2.45, 2.75) is 23.7 Å². The van der Waals surface area contributed by atoms with E-state index in [4.69, 9.17) is 0 Å². The Kier molecular flexibility index (Phi) is 4.51. The largest absolute Gasteiger partial charge is 0.354 e. The van der Waals surface area contributed by atoms with Gasteiger partial charge in [0.2, 0.25) is 5.91 Å². The van der Waals surface area contributed by atoms with E-state index in [0.29, 0.717) is 6.54 Å². The molecule has 3 rings (SSSR count). The molecule has 1 atom stereocenters. The Morgan fingerprint density at radius 1 is 1.57 bits per heavy atom. The second-order valence-corrected chi connectivity index (χ2v) is 7.15. The third-order valence-electron chi connectivity index (χ3n) is 3.15. The Balaban J connectivity index is 1.47. The van der Waals surface area contributed by atoms with Crippen molar-refractivity contribution in [3.05, 3.63) is 22.7 Å². The first kappa shape index (κ1) is 14.5. The van der Waals surface area contributed by atoms with Gasteiger partial charge in [-0.1, -0.05) is 23.1 Å². The highest BCUT2D eigenvalue weighted by atomic mass is 32.2. The molecule has 1 aliphatic rings. The molecule has 0 saturated heterocycles. The number of nitrogens with zero attached hydrogens (tertiary/aromatic N) is 3. The number of H-pyrrole nitrogens is 1. The molecule has 2 aromatic heterocycles. The van der Waals surface area contributed by atoms with Crippen molar-refractivity contribution in [1.82, 2.24) is 30.8 Å². The van der Waals surface area contributed by atoms with Gasteiger partial charge in [0.1, 0.15) is 11.0 Å². The molecule has 0 radical (unpaired) electrons. The van der Waals surface area contributed by atoms with Gasteiger partial charge in [-0.2, -0.15) is 0 Å². The van der Waals surface area contributed by atoms with E-state index in [9.17, 15) is 4.79 Å². The molecule has 0 bridgehead atoms. The van der Waals surface area contributed by atoms with Crippen LogP contribution in [0.25, 0.3) is 0 Å². The lowest BCUT2D eigenvalue weighted by Crippen LogP contribution is -2.42. The van der Waals surface area contributed by atoms with Gasteiger partial charge in [-0.3, -0.25) is 4.79 Å². The van der Waals surface area contributed by atoms with Gasteiger partial charge >= 0.3 is 0 Å². The molecule has 1 aliphatic heterocycles. The first-order chi connectivity index (χ1) is 10.2. The van der Waals surface area contributed by atoms with Crippen LogP contribution in [0.15, 0.2) is 10.7 Å². The summed E-state index contributed by atoms with van der Waals surface area (Å²) in [5.41, 5.74) is 1.86. The minimum atomic E-state index is -0.353. The zero-order chi connectivity index (χ0) is 14.7. The Morgan fingerprint density at radius 3 is 3.29 bits per heavy atom. The number of amides is 1. The lowest BCUT2D eigenvalue weighted by molar-refractivity contribution is -0.123. The van der Waals surface area contributed by atoms with Gasteiger partial charge in [0.15, 0.2) is 4.34 Å². The Morgan fingerprint density at radius 2 is 2.48 bits per heavy atom. The number of imidazole rings is 1. The number of hydrogen-bond donors (Lipinski definition) is 3. The third kappa shape index (κ3) is 3.42. The second-order valence-electron chi connectivity index (χ2n) is 4.63. The van der Waals surface area contributed by atoms with Crippen LogP contribution in [0.2, 0.25) is 0 Å². The molecule has 0 fully saturated rings. The number of aryl methyl sites for hydroxylation is 1. The SMILES string of the molecule is Cc1nnc(SCCNC(=O)C2NCCc3[nH]cnc32)s1. The molecule has 112 valence electrons. The van der Waals surface area contributed by atoms with Crippen LogP contribution in [-0.4, -0.2) is 44.9 Å². The van der Waals surface area contributed by atoms with E-state index < -0.39 is 0 Å². The second kappa shape index (κ2) is 6.54. The summed E-state index contributed by atoms with van der Waals surface area (Å²) >= 11 is 3.17. The van der Waals surface area contributed by atoms with E-state index in [1.54, 1.807) is 29.4 Å². The van der Waals surface area contributed by atoms with Crippen molar-refractivity contribution < 1.29 is 4.79 Å². The fourth-order valence-electron chi connectivity index (χ4n) is 2.19. The Bertz CT molecular complexity index is 625. The summed E-state index contributed by atoms with van der Waals surface area (Å²) in [5, 5.41) is 15.1. The van der Waals surface area contributed by atoms with Crippen molar-refractivity contribution in [3.63, 3.8) is 0 Å². The molecule has 9 heteroatoms. The van der Waals surface area contributed by atoms with Gasteiger partial charge < -0.3 is 15.6 Å². The zero-order valence-corrected chi connectivity index (χ0v) is 13.2. The molecule has 21 heavy (non-hydrogen) atoms. The van der Waals surface area contributed by atoms with Gasteiger partial charge in [-0.25, -0.2) is 4.98 Å². The molecular weight excluding hydrogens is 308 g/mol. The summed E-state index contributed by atoms with van der Waals surface area (Å²) in [6.45, 7) is 3.31. The first-order valence-corrected chi connectivity index (χ1v) is 8.50. The fraction of sp³-hybridized carbons (Fsp3) is 0.500. The highest BCUT2D eigenvalue weighted by molar-refractivity contribution is 8.01. The number of nitrogens with one attached hydrogen (secondary N) is 3. The fourth-order valence-corrected chi connectivity index (χ4v) is 3.93. The number of thioether (sulfide) groups is 1. The summed E-state index contributed by atoms with van der Waals surface area (Å²) in [6, 6.07) is -0.353. The highest BCUT2D eigenvalue weighted by Crippen LogP contribution is 2.21. The maximum atomic E-state index is 12.2. The van der Waals surface area contributed by atoms with Crippen LogP contribution in [0.1, 0.15) is 22.4 Å². The van der Waals surface area contributed by atoms with E-state index in [-0.39, 0.29) is 11.9 Å². The number of carbonyl (C=O) groups is 1. The monoisotopic (exact) mass is 324 g/mol. The number of carbonyl (C=O) groups excluding carboxylic acids is 1. The molecule has 0 aromatic carbocycles. The van der Waals surface area contributed by atoms with Gasteiger partial charge in [-0.15, -0.1) is 10.2 Å². The van der Waals surface area contributed by atoms with Crippen molar-refractivity contribution in [3.8, 4) is 0 Å². The number of fused-ring (bicyclic) bond motifs is 1. The lowest BCUT2D eigenvalue weighted by Gasteiger charge is -2.22. The van der Waals surface area contributed by atoms with Crippen molar-refractivity contribution in [1.29, 1.82) is 0 Å². The molecule has 7 nitrogen and oxygen atoms in total. The highest BCUT2D eigenvalue weighted by Gasteiger charge is 2.27. The average molecular weight is 324 g/mol. The van der Waals surface area contributed by atoms with Crippen LogP contribution >= 0.6 is 23.1 Å². The zero-order valence-electron chi connectivity index (χ0n) is 11.5. The smallest absolute Gasteiger partial charge is 0.243 e. The molecule has 3 heterocycles. The van der Waals surface area contributed by atoms with Gasteiger partial charge in [0.25, 0.3) is 0 Å². The predicted octanol–water partition coefficient (Wildman–Crippen LogP) is 0.665. The number of aromatic nitrogens is 4. The maximum Gasteiger partial charge on any atom is 0.243 e. The maximum absolute atomic E-state index is 12.2. The van der Waals surface area contributed by atoms with Crippen LogP contribution in [-0.2, 0) is 11.2 Å². The van der Waals surface area contributed by atoms with Crippen LogP contribution in [0.3, 0.4) is 0 Å². The third-order valence-corrected chi connectivity index (χ3v) is 5.12. The van der Waals surface area contributed by atoms with Gasteiger partial charge in [0.05, 0.1) is 12.0 Å². The van der Waals surface area contributed by atoms with E-state index >= 15 is 0 Å². The number of hydrogen-bond acceptors (Lipinski definition) is 7. The van der Waals surface area contributed by atoms with Crippen LogP contribution in [0.5, 0.6) is 0 Å². The van der Waals surface area contributed by atoms with E-state index in [1.807, 2.05) is 6.92 Å². The molecule has 3 N–H and O–H groups in total. The Hall–Kier alpha value is -1.45. The molecule has 1 unspecified atom stereocenters. The minimum absolute atomic E-state index is 0.0305. The Labute approximate surface area is 130 Å². The predicted molar refractivity (Wildman–Crippen MR) is 81.4 cm³/mol. The van der Waals surface area contributed by atoms with Gasteiger partial charge in [0, 0.05) is 31.0 Å². The quantitative estimate of drug-likeness (QED) is 0.552. The molecule has 0 saturated carbocycles. The lowest BCUT2D eigenvalue weighted by atomic mass is 10.1. The number of aromatic amines is 1. The standard InChI is InChI=1S/C12H16N6OS2/c1-7-17-18-12(21-7)20-5-4-14-11(19)10-9-8(2-3-13-10)15-6-16-9/h6,10,13H,2-5H2,1H3,(H,14,19)(H,15,16). The molecule has 0 spiro atoms. The topological polar surface area (TPSA) is 95.6 Å². The molecular formula is C12H16N6OS2. The minimum Gasteiger partial charge on any atom is -0.354 e. The summed E-state index contributed by atoms with van der Waals surface area (Å²) < 4.78 is 0.937. The van der Waals surface area contributed by atoms with E-state index in [1.165, 1.54) is 0 Å². The van der Waals surface area contributed by atoms with Crippen LogP contribution in [0, 0.1) is 6.92 Å². The summed E-state index contributed by atoms with van der Waals surface area (Å²) in [7, 11) is 0. The summed E-state index contributed by atoms with van der Waals surface area (Å²) in [6.07, 6.45) is 2.52. The summed E-state index contributed by atoms with van der Waals surface area (Å²) in [5.74, 6) is 0.748. The summed E-state index contributed by atoms with van der Waals surface area (Å²) in [4.78, 5) is 19.5. The molecule has 2 aromatic rings. The first-order valence-electron chi connectivity index (χ1n) is 6.70. The van der Waals surface area contributed by atoms with Gasteiger partial charge in [-0.05, 0) is 6.92 Å².